The van der Waals surface area contributed by atoms with E-state index in [1.54, 1.807) is 4.90 Å². The number of para-hydroxylation sites is 1. The molecule has 1 atom stereocenters. The van der Waals surface area contributed by atoms with Crippen LogP contribution in [0.3, 0.4) is 0 Å². The highest BCUT2D eigenvalue weighted by atomic mass is 16.5. The van der Waals surface area contributed by atoms with Crippen LogP contribution in [0.1, 0.15) is 37.9 Å². The molecule has 0 bridgehead atoms. The molecular weight excluding hydrogens is 316 g/mol. The lowest BCUT2D eigenvalue weighted by Gasteiger charge is -2.18. The minimum atomic E-state index is -0.614. The lowest BCUT2D eigenvalue weighted by molar-refractivity contribution is -0.126. The van der Waals surface area contributed by atoms with Crippen molar-refractivity contribution < 1.29 is 14.3 Å². The standard InChI is InChI=1S/C20H22N2O3/c1-13(2)25-16-10-8-15(9-11-16)12-22-18-7-5-4-6-17(18)19(20(22)24)21-14(3)23/h4-11,13,19H,12H2,1-3H3,(H,21,23)/t19-/m0/s1. The van der Waals surface area contributed by atoms with Crippen LogP contribution in [0.2, 0.25) is 0 Å². The lowest BCUT2D eigenvalue weighted by atomic mass is 10.1. The topological polar surface area (TPSA) is 58.6 Å². The molecule has 2 amide bonds. The molecule has 0 fully saturated rings. The summed E-state index contributed by atoms with van der Waals surface area (Å²) in [5.74, 6) is 0.479. The first-order valence-corrected chi connectivity index (χ1v) is 8.38. The summed E-state index contributed by atoms with van der Waals surface area (Å²) in [6, 6.07) is 14.7. The van der Waals surface area contributed by atoms with E-state index >= 15 is 0 Å². The molecule has 0 saturated carbocycles. The van der Waals surface area contributed by atoms with Crippen molar-refractivity contribution in [3.63, 3.8) is 0 Å². The predicted molar refractivity (Wildman–Crippen MR) is 96.4 cm³/mol. The van der Waals surface area contributed by atoms with Crippen LogP contribution in [-0.4, -0.2) is 17.9 Å². The Bertz CT molecular complexity index is 784. The summed E-state index contributed by atoms with van der Waals surface area (Å²) in [6.45, 7) is 5.84. The Balaban J connectivity index is 1.82. The fraction of sp³-hybridized carbons (Fsp3) is 0.300. The van der Waals surface area contributed by atoms with Crippen LogP contribution < -0.4 is 15.0 Å². The van der Waals surface area contributed by atoms with Crippen molar-refractivity contribution in [3.05, 3.63) is 59.7 Å². The van der Waals surface area contributed by atoms with E-state index in [2.05, 4.69) is 5.32 Å². The third-order valence-corrected chi connectivity index (χ3v) is 4.03. The van der Waals surface area contributed by atoms with E-state index in [0.29, 0.717) is 6.54 Å². The SMILES string of the molecule is CC(=O)N[C@@H]1C(=O)N(Cc2ccc(OC(C)C)cc2)c2ccccc21. The zero-order chi connectivity index (χ0) is 18.0. The Labute approximate surface area is 147 Å². The summed E-state index contributed by atoms with van der Waals surface area (Å²) < 4.78 is 5.65. The first-order chi connectivity index (χ1) is 12.0. The van der Waals surface area contributed by atoms with Crippen LogP contribution in [0.4, 0.5) is 5.69 Å². The molecule has 130 valence electrons. The molecule has 5 heteroatoms. The highest BCUT2D eigenvalue weighted by Crippen LogP contribution is 2.36. The maximum absolute atomic E-state index is 12.8. The number of fused-ring (bicyclic) bond motifs is 1. The number of rotatable bonds is 5. The van der Waals surface area contributed by atoms with Gasteiger partial charge in [-0.25, -0.2) is 0 Å². The average Bonchev–Trinajstić information content (AvgIpc) is 2.82. The molecule has 25 heavy (non-hydrogen) atoms. The van der Waals surface area contributed by atoms with Crippen molar-refractivity contribution in [3.8, 4) is 5.75 Å². The Kier molecular flexibility index (Phi) is 4.74. The van der Waals surface area contributed by atoms with Gasteiger partial charge in [-0.2, -0.15) is 0 Å². The van der Waals surface area contributed by atoms with Gasteiger partial charge in [0, 0.05) is 18.2 Å². The molecule has 2 aromatic carbocycles. The minimum Gasteiger partial charge on any atom is -0.491 e. The van der Waals surface area contributed by atoms with Crippen molar-refractivity contribution in [2.45, 2.75) is 39.5 Å². The minimum absolute atomic E-state index is 0.112. The second-order valence-corrected chi connectivity index (χ2v) is 6.43. The summed E-state index contributed by atoms with van der Waals surface area (Å²) in [4.78, 5) is 26.0. The molecular formula is C20H22N2O3. The second-order valence-electron chi connectivity index (χ2n) is 6.43. The van der Waals surface area contributed by atoms with E-state index in [4.69, 9.17) is 4.74 Å². The molecule has 0 aliphatic carbocycles. The Hall–Kier alpha value is -2.82. The number of anilines is 1. The molecule has 2 aromatic rings. The zero-order valence-electron chi connectivity index (χ0n) is 14.7. The smallest absolute Gasteiger partial charge is 0.254 e. The largest absolute Gasteiger partial charge is 0.491 e. The first-order valence-electron chi connectivity index (χ1n) is 8.38. The molecule has 0 radical (unpaired) electrons. The monoisotopic (exact) mass is 338 g/mol. The summed E-state index contributed by atoms with van der Waals surface area (Å²) in [6.07, 6.45) is 0.122. The highest BCUT2D eigenvalue weighted by Gasteiger charge is 2.37. The third-order valence-electron chi connectivity index (χ3n) is 4.03. The Morgan fingerprint density at radius 2 is 1.84 bits per heavy atom. The van der Waals surface area contributed by atoms with Gasteiger partial charge in [0.2, 0.25) is 5.91 Å². The fourth-order valence-electron chi connectivity index (χ4n) is 3.02. The van der Waals surface area contributed by atoms with Gasteiger partial charge in [-0.1, -0.05) is 30.3 Å². The van der Waals surface area contributed by atoms with Gasteiger partial charge in [-0.3, -0.25) is 9.59 Å². The van der Waals surface area contributed by atoms with E-state index in [1.165, 1.54) is 6.92 Å². The van der Waals surface area contributed by atoms with E-state index in [0.717, 1.165) is 22.6 Å². The zero-order valence-corrected chi connectivity index (χ0v) is 14.7. The number of nitrogens with one attached hydrogen (secondary N) is 1. The quantitative estimate of drug-likeness (QED) is 0.911. The molecule has 3 rings (SSSR count). The molecule has 1 aliphatic heterocycles. The van der Waals surface area contributed by atoms with Crippen molar-refractivity contribution >= 4 is 17.5 Å². The molecule has 5 nitrogen and oxygen atoms in total. The van der Waals surface area contributed by atoms with Crippen LogP contribution in [0, 0.1) is 0 Å². The summed E-state index contributed by atoms with van der Waals surface area (Å²) in [5.41, 5.74) is 2.68. The molecule has 1 N–H and O–H groups in total. The lowest BCUT2D eigenvalue weighted by Crippen LogP contribution is -2.36. The molecule has 0 unspecified atom stereocenters. The van der Waals surface area contributed by atoms with Gasteiger partial charge >= 0.3 is 0 Å². The molecule has 0 spiro atoms. The maximum Gasteiger partial charge on any atom is 0.254 e. The molecule has 0 saturated heterocycles. The summed E-state index contributed by atoms with van der Waals surface area (Å²) >= 11 is 0. The van der Waals surface area contributed by atoms with Gasteiger partial charge in [0.25, 0.3) is 5.91 Å². The number of carbonyl (C=O) groups is 2. The highest BCUT2D eigenvalue weighted by molar-refractivity contribution is 6.06. The van der Waals surface area contributed by atoms with Crippen LogP contribution in [-0.2, 0) is 16.1 Å². The predicted octanol–water partition coefficient (Wildman–Crippen LogP) is 3.20. The van der Waals surface area contributed by atoms with Gasteiger partial charge in [0.15, 0.2) is 0 Å². The van der Waals surface area contributed by atoms with Gasteiger partial charge < -0.3 is 15.0 Å². The molecule has 1 heterocycles. The van der Waals surface area contributed by atoms with E-state index in [9.17, 15) is 9.59 Å². The van der Waals surface area contributed by atoms with Crippen LogP contribution in [0.5, 0.6) is 5.75 Å². The van der Waals surface area contributed by atoms with Crippen molar-refractivity contribution in [1.29, 1.82) is 0 Å². The van der Waals surface area contributed by atoms with Crippen LogP contribution in [0.15, 0.2) is 48.5 Å². The van der Waals surface area contributed by atoms with Crippen molar-refractivity contribution in [1.82, 2.24) is 5.32 Å². The molecule has 0 aromatic heterocycles. The van der Waals surface area contributed by atoms with E-state index < -0.39 is 6.04 Å². The van der Waals surface area contributed by atoms with Crippen LogP contribution in [0.25, 0.3) is 0 Å². The van der Waals surface area contributed by atoms with Crippen molar-refractivity contribution in [2.75, 3.05) is 4.90 Å². The number of amides is 2. The number of hydrogen-bond donors (Lipinski definition) is 1. The van der Waals surface area contributed by atoms with Crippen molar-refractivity contribution in [2.24, 2.45) is 0 Å². The summed E-state index contributed by atoms with van der Waals surface area (Å²) in [5, 5.41) is 2.74. The van der Waals surface area contributed by atoms with Crippen LogP contribution >= 0.6 is 0 Å². The number of hydrogen-bond acceptors (Lipinski definition) is 3. The van der Waals surface area contributed by atoms with E-state index in [1.807, 2.05) is 62.4 Å². The molecule has 1 aliphatic rings. The third kappa shape index (κ3) is 3.65. The number of benzene rings is 2. The van der Waals surface area contributed by atoms with Gasteiger partial charge in [0.1, 0.15) is 11.8 Å². The maximum atomic E-state index is 12.8. The Morgan fingerprint density at radius 1 is 1.16 bits per heavy atom. The second kappa shape index (κ2) is 6.97. The van der Waals surface area contributed by atoms with Gasteiger partial charge in [0.05, 0.1) is 12.6 Å². The number of nitrogens with zero attached hydrogens (tertiary/aromatic N) is 1. The summed E-state index contributed by atoms with van der Waals surface area (Å²) in [7, 11) is 0. The van der Waals surface area contributed by atoms with Gasteiger partial charge in [-0.15, -0.1) is 0 Å². The number of ether oxygens (including phenoxy) is 1. The number of carbonyl (C=O) groups excluding carboxylic acids is 2. The normalized spacial score (nSPS) is 16.1. The van der Waals surface area contributed by atoms with E-state index in [-0.39, 0.29) is 17.9 Å². The first kappa shape index (κ1) is 17.0. The fourth-order valence-corrected chi connectivity index (χ4v) is 3.02. The van der Waals surface area contributed by atoms with Gasteiger partial charge in [-0.05, 0) is 37.6 Å². The Morgan fingerprint density at radius 3 is 2.48 bits per heavy atom. The average molecular weight is 338 g/mol.